The molecule has 1 aromatic heterocycles. The average Bonchev–Trinajstić information content (AvgIpc) is 2.94. The summed E-state index contributed by atoms with van der Waals surface area (Å²) in [5.74, 6) is 2.33. The summed E-state index contributed by atoms with van der Waals surface area (Å²) in [6.07, 6.45) is 0. The van der Waals surface area contributed by atoms with Gasteiger partial charge in [-0.3, -0.25) is 5.10 Å². The molecule has 0 saturated carbocycles. The van der Waals surface area contributed by atoms with Crippen LogP contribution in [0.4, 0.5) is 5.82 Å². The van der Waals surface area contributed by atoms with Gasteiger partial charge in [0.2, 0.25) is 0 Å². The van der Waals surface area contributed by atoms with Crippen LogP contribution in [0.2, 0.25) is 0 Å². The first-order valence-electron chi connectivity index (χ1n) is 6.86. The number of ether oxygens (including phenoxy) is 1. The van der Waals surface area contributed by atoms with E-state index in [1.54, 1.807) is 0 Å². The second-order valence-electron chi connectivity index (χ2n) is 4.96. The summed E-state index contributed by atoms with van der Waals surface area (Å²) in [6, 6.07) is 19.6. The van der Waals surface area contributed by atoms with Crippen LogP contribution in [0.25, 0.3) is 0 Å². The fourth-order valence-corrected chi connectivity index (χ4v) is 2.23. The molecule has 0 aliphatic carbocycles. The molecule has 4 nitrogen and oxygen atoms in total. The number of para-hydroxylation sites is 1. The summed E-state index contributed by atoms with van der Waals surface area (Å²) in [5.41, 5.74) is 7.80. The molecule has 1 atom stereocenters. The van der Waals surface area contributed by atoms with E-state index in [1.807, 2.05) is 54.6 Å². The van der Waals surface area contributed by atoms with Gasteiger partial charge in [-0.05, 0) is 29.8 Å². The third kappa shape index (κ3) is 3.05. The third-order valence-electron chi connectivity index (χ3n) is 3.42. The highest BCUT2D eigenvalue weighted by Crippen LogP contribution is 2.28. The zero-order valence-corrected chi connectivity index (χ0v) is 11.8. The Bertz CT molecular complexity index is 722. The lowest BCUT2D eigenvalue weighted by molar-refractivity contribution is 0.481. The van der Waals surface area contributed by atoms with Gasteiger partial charge >= 0.3 is 0 Å². The minimum Gasteiger partial charge on any atom is -0.457 e. The molecule has 4 heteroatoms. The van der Waals surface area contributed by atoms with E-state index >= 15 is 0 Å². The summed E-state index contributed by atoms with van der Waals surface area (Å²) in [4.78, 5) is 0. The Morgan fingerprint density at radius 1 is 1.00 bits per heavy atom. The standard InChI is InChI=1S/C17H17N3O/c1-12(16-11-17(18)20-19-16)13-6-5-9-15(10-13)21-14-7-3-2-4-8-14/h2-12H,1H3,(H3,18,19,20). The molecular weight excluding hydrogens is 262 g/mol. The summed E-state index contributed by atoms with van der Waals surface area (Å²) in [5, 5.41) is 6.93. The average molecular weight is 279 g/mol. The first kappa shape index (κ1) is 13.2. The minimum absolute atomic E-state index is 0.175. The van der Waals surface area contributed by atoms with Crippen molar-refractivity contribution in [3.8, 4) is 11.5 Å². The molecule has 106 valence electrons. The van der Waals surface area contributed by atoms with E-state index in [2.05, 4.69) is 23.2 Å². The number of rotatable bonds is 4. The monoisotopic (exact) mass is 279 g/mol. The summed E-state index contributed by atoms with van der Waals surface area (Å²) in [7, 11) is 0. The first-order chi connectivity index (χ1) is 10.2. The number of hydrogen-bond acceptors (Lipinski definition) is 3. The van der Waals surface area contributed by atoms with Crippen molar-refractivity contribution < 1.29 is 4.74 Å². The topological polar surface area (TPSA) is 63.9 Å². The van der Waals surface area contributed by atoms with E-state index in [0.717, 1.165) is 22.8 Å². The van der Waals surface area contributed by atoms with Crippen molar-refractivity contribution in [2.24, 2.45) is 0 Å². The Morgan fingerprint density at radius 2 is 1.76 bits per heavy atom. The molecule has 1 heterocycles. The lowest BCUT2D eigenvalue weighted by Gasteiger charge is -2.12. The second-order valence-corrected chi connectivity index (χ2v) is 4.96. The number of nitrogens with one attached hydrogen (secondary N) is 1. The number of anilines is 1. The predicted octanol–water partition coefficient (Wildman–Crippen LogP) is 3.94. The van der Waals surface area contributed by atoms with Crippen molar-refractivity contribution in [3.63, 3.8) is 0 Å². The molecule has 0 saturated heterocycles. The largest absolute Gasteiger partial charge is 0.457 e. The highest BCUT2D eigenvalue weighted by atomic mass is 16.5. The predicted molar refractivity (Wildman–Crippen MR) is 83.5 cm³/mol. The molecule has 0 fully saturated rings. The van der Waals surface area contributed by atoms with Gasteiger partial charge in [0.15, 0.2) is 0 Å². The molecule has 0 bridgehead atoms. The molecule has 21 heavy (non-hydrogen) atoms. The summed E-state index contributed by atoms with van der Waals surface area (Å²) >= 11 is 0. The number of H-pyrrole nitrogens is 1. The van der Waals surface area contributed by atoms with Gasteiger partial charge in [-0.2, -0.15) is 5.10 Å². The fraction of sp³-hybridized carbons (Fsp3) is 0.118. The van der Waals surface area contributed by atoms with Crippen LogP contribution in [0.1, 0.15) is 24.1 Å². The third-order valence-corrected chi connectivity index (χ3v) is 3.42. The Morgan fingerprint density at radius 3 is 2.48 bits per heavy atom. The normalized spacial score (nSPS) is 12.0. The number of nitrogens with zero attached hydrogens (tertiary/aromatic N) is 1. The highest BCUT2D eigenvalue weighted by molar-refractivity contribution is 5.39. The van der Waals surface area contributed by atoms with Crippen LogP contribution >= 0.6 is 0 Å². The molecule has 3 aromatic rings. The molecule has 3 rings (SSSR count). The van der Waals surface area contributed by atoms with Crippen LogP contribution in [-0.2, 0) is 0 Å². The van der Waals surface area contributed by atoms with Crippen LogP contribution in [0.15, 0.2) is 60.7 Å². The molecular formula is C17H17N3O. The zero-order chi connectivity index (χ0) is 14.7. The quantitative estimate of drug-likeness (QED) is 0.760. The van der Waals surface area contributed by atoms with Crippen molar-refractivity contribution in [3.05, 3.63) is 71.9 Å². The highest BCUT2D eigenvalue weighted by Gasteiger charge is 2.12. The molecule has 0 aliphatic heterocycles. The van der Waals surface area contributed by atoms with Crippen LogP contribution in [-0.4, -0.2) is 10.2 Å². The van der Waals surface area contributed by atoms with Crippen molar-refractivity contribution in [2.45, 2.75) is 12.8 Å². The Hall–Kier alpha value is -2.75. The molecule has 1 unspecified atom stereocenters. The first-order valence-corrected chi connectivity index (χ1v) is 6.86. The van der Waals surface area contributed by atoms with Crippen LogP contribution in [0, 0.1) is 0 Å². The number of benzene rings is 2. The van der Waals surface area contributed by atoms with E-state index in [4.69, 9.17) is 10.5 Å². The van der Waals surface area contributed by atoms with Crippen molar-refractivity contribution in [1.82, 2.24) is 10.2 Å². The van der Waals surface area contributed by atoms with Crippen molar-refractivity contribution in [2.75, 3.05) is 5.73 Å². The number of aromatic nitrogens is 2. The summed E-state index contributed by atoms with van der Waals surface area (Å²) < 4.78 is 5.86. The number of nitrogen functional groups attached to an aromatic ring is 1. The number of aromatic amines is 1. The van der Waals surface area contributed by atoms with Crippen LogP contribution in [0.5, 0.6) is 11.5 Å². The maximum atomic E-state index is 5.86. The van der Waals surface area contributed by atoms with E-state index in [1.165, 1.54) is 0 Å². The van der Waals surface area contributed by atoms with Gasteiger partial charge in [0.25, 0.3) is 0 Å². The Balaban J connectivity index is 1.83. The molecule has 3 N–H and O–H groups in total. The second kappa shape index (κ2) is 5.71. The molecule has 0 aliphatic rings. The molecule has 0 amide bonds. The van der Waals surface area contributed by atoms with Crippen molar-refractivity contribution >= 4 is 5.82 Å². The number of nitrogens with two attached hydrogens (primary N) is 1. The summed E-state index contributed by atoms with van der Waals surface area (Å²) in [6.45, 7) is 2.11. The van der Waals surface area contributed by atoms with E-state index in [9.17, 15) is 0 Å². The van der Waals surface area contributed by atoms with Gasteiger partial charge in [0.05, 0.1) is 0 Å². The fourth-order valence-electron chi connectivity index (χ4n) is 2.23. The molecule has 0 spiro atoms. The maximum absolute atomic E-state index is 5.86. The van der Waals surface area contributed by atoms with E-state index < -0.39 is 0 Å². The number of hydrogen-bond donors (Lipinski definition) is 2. The van der Waals surface area contributed by atoms with E-state index in [-0.39, 0.29) is 5.92 Å². The van der Waals surface area contributed by atoms with Crippen LogP contribution in [0.3, 0.4) is 0 Å². The van der Waals surface area contributed by atoms with Gasteiger partial charge in [-0.25, -0.2) is 0 Å². The van der Waals surface area contributed by atoms with Gasteiger partial charge in [0.1, 0.15) is 17.3 Å². The SMILES string of the molecule is CC(c1cccc(Oc2ccccc2)c1)c1cc(N)n[nH]1. The smallest absolute Gasteiger partial charge is 0.145 e. The Labute approximate surface area is 123 Å². The van der Waals surface area contributed by atoms with Crippen LogP contribution < -0.4 is 10.5 Å². The molecule has 0 radical (unpaired) electrons. The maximum Gasteiger partial charge on any atom is 0.145 e. The Kier molecular flexibility index (Phi) is 3.60. The lowest BCUT2D eigenvalue weighted by Crippen LogP contribution is -1.97. The lowest BCUT2D eigenvalue weighted by atomic mass is 9.98. The van der Waals surface area contributed by atoms with Gasteiger partial charge in [0, 0.05) is 17.7 Å². The van der Waals surface area contributed by atoms with Crippen molar-refractivity contribution in [1.29, 1.82) is 0 Å². The molecule has 2 aromatic carbocycles. The van der Waals surface area contributed by atoms with Gasteiger partial charge in [-0.15, -0.1) is 0 Å². The van der Waals surface area contributed by atoms with E-state index in [0.29, 0.717) is 5.82 Å². The van der Waals surface area contributed by atoms with Gasteiger partial charge in [-0.1, -0.05) is 37.3 Å². The minimum atomic E-state index is 0.175. The van der Waals surface area contributed by atoms with Gasteiger partial charge < -0.3 is 10.5 Å². The zero-order valence-electron chi connectivity index (χ0n) is 11.8.